The summed E-state index contributed by atoms with van der Waals surface area (Å²) in [6.07, 6.45) is 16.0. The van der Waals surface area contributed by atoms with Gasteiger partial charge in [0.2, 0.25) is 0 Å². The molecule has 2 nitrogen and oxygen atoms in total. The molecule has 2 aromatic heterocycles. The lowest BCUT2D eigenvalue weighted by Crippen LogP contribution is -2.28. The van der Waals surface area contributed by atoms with Crippen LogP contribution in [0.25, 0.3) is 54.8 Å². The summed E-state index contributed by atoms with van der Waals surface area (Å²) in [4.78, 5) is 3.92. The van der Waals surface area contributed by atoms with Crippen LogP contribution in [0.1, 0.15) is 28.3 Å². The summed E-state index contributed by atoms with van der Waals surface area (Å²) in [5, 5.41) is 4.00. The lowest BCUT2D eigenvalue weighted by Gasteiger charge is -2.28. The summed E-state index contributed by atoms with van der Waals surface area (Å²) in [6.45, 7) is 0. The van der Waals surface area contributed by atoms with Crippen molar-refractivity contribution < 1.29 is 0 Å². The van der Waals surface area contributed by atoms with E-state index in [0.29, 0.717) is 12.0 Å². The van der Waals surface area contributed by atoms with Gasteiger partial charge in [0.1, 0.15) is 0 Å². The first-order valence-corrected chi connectivity index (χ1v) is 16.7. The maximum absolute atomic E-state index is 2.50. The average Bonchev–Trinajstić information content (AvgIpc) is 3.75. The van der Waals surface area contributed by atoms with Gasteiger partial charge in [0.15, 0.2) is 0 Å². The number of para-hydroxylation sites is 2. The van der Waals surface area contributed by atoms with Crippen molar-refractivity contribution in [3.05, 3.63) is 156 Å². The van der Waals surface area contributed by atoms with Crippen LogP contribution in [0.5, 0.6) is 0 Å². The fraction of sp³-hybridized carbons (Fsp3) is 0.0952. The van der Waals surface area contributed by atoms with Crippen LogP contribution < -0.4 is 4.90 Å². The lowest BCUT2D eigenvalue weighted by atomic mass is 9.89. The van der Waals surface area contributed by atoms with Crippen LogP contribution in [0, 0.1) is 0 Å². The minimum atomic E-state index is 0.297. The second-order valence-corrected chi connectivity index (χ2v) is 13.5. The van der Waals surface area contributed by atoms with Gasteiger partial charge < -0.3 is 9.47 Å². The highest BCUT2D eigenvalue weighted by Gasteiger charge is 2.37. The van der Waals surface area contributed by atoms with Gasteiger partial charge in [-0.25, -0.2) is 0 Å². The third-order valence-corrected chi connectivity index (χ3v) is 11.2. The number of hydrogen-bond acceptors (Lipinski definition) is 2. The number of allylic oxidation sites excluding steroid dienone is 3. The van der Waals surface area contributed by atoms with E-state index in [1.54, 1.807) is 0 Å². The third kappa shape index (κ3) is 3.74. The van der Waals surface area contributed by atoms with E-state index in [1.807, 2.05) is 11.3 Å². The van der Waals surface area contributed by atoms with Crippen LogP contribution in [0.2, 0.25) is 0 Å². The summed E-state index contributed by atoms with van der Waals surface area (Å²) >= 11 is 1.92. The van der Waals surface area contributed by atoms with E-state index in [1.165, 1.54) is 76.1 Å². The maximum atomic E-state index is 2.50. The Labute approximate surface area is 266 Å². The SMILES string of the molecule is C1=CC2c3cc(-c4ccc5c(c4)c4ccccc4n5-c4ccc5sc6c(c5c4)CCC=C6)ccc3N(c3ccccc3)C2C=C1. The number of hydrogen-bond donors (Lipinski definition) is 0. The molecule has 2 aliphatic carbocycles. The van der Waals surface area contributed by atoms with Gasteiger partial charge in [-0.15, -0.1) is 11.3 Å². The van der Waals surface area contributed by atoms with Crippen molar-refractivity contribution in [1.29, 1.82) is 0 Å². The molecule has 214 valence electrons. The summed E-state index contributed by atoms with van der Waals surface area (Å²) in [5.74, 6) is 0.337. The van der Waals surface area contributed by atoms with Crippen molar-refractivity contribution >= 4 is 60.7 Å². The number of benzene rings is 5. The van der Waals surface area contributed by atoms with Gasteiger partial charge in [-0.1, -0.05) is 78.9 Å². The van der Waals surface area contributed by atoms with E-state index in [0.717, 1.165) is 12.8 Å². The van der Waals surface area contributed by atoms with Crippen molar-refractivity contribution in [2.24, 2.45) is 0 Å². The van der Waals surface area contributed by atoms with Crippen molar-refractivity contribution in [1.82, 2.24) is 4.57 Å². The second-order valence-electron chi connectivity index (χ2n) is 12.4. The molecule has 0 spiro atoms. The molecule has 5 aromatic carbocycles. The van der Waals surface area contributed by atoms with Crippen LogP contribution >= 0.6 is 11.3 Å². The molecule has 3 aliphatic rings. The zero-order chi connectivity index (χ0) is 29.5. The van der Waals surface area contributed by atoms with Crippen molar-refractivity contribution in [3.8, 4) is 16.8 Å². The van der Waals surface area contributed by atoms with Gasteiger partial charge in [0, 0.05) is 43.3 Å². The maximum Gasteiger partial charge on any atom is 0.0629 e. The first-order valence-electron chi connectivity index (χ1n) is 15.9. The van der Waals surface area contributed by atoms with Gasteiger partial charge in [-0.2, -0.15) is 0 Å². The zero-order valence-corrected chi connectivity index (χ0v) is 25.5. The van der Waals surface area contributed by atoms with Gasteiger partial charge in [0.05, 0.1) is 17.1 Å². The first kappa shape index (κ1) is 25.2. The molecule has 45 heavy (non-hydrogen) atoms. The number of rotatable bonds is 3. The molecule has 0 saturated heterocycles. The lowest BCUT2D eigenvalue weighted by molar-refractivity contribution is 0.745. The Morgan fingerprint density at radius 3 is 2.42 bits per heavy atom. The van der Waals surface area contributed by atoms with Crippen molar-refractivity contribution in [2.45, 2.75) is 24.8 Å². The van der Waals surface area contributed by atoms with Crippen LogP contribution in [0.4, 0.5) is 11.4 Å². The van der Waals surface area contributed by atoms with Gasteiger partial charge in [-0.3, -0.25) is 0 Å². The Bertz CT molecular complexity index is 2400. The summed E-state index contributed by atoms with van der Waals surface area (Å²) in [5.41, 5.74) is 11.7. The minimum Gasteiger partial charge on any atom is -0.333 e. The second kappa shape index (κ2) is 9.69. The van der Waals surface area contributed by atoms with E-state index in [2.05, 4.69) is 155 Å². The molecule has 0 N–H and O–H groups in total. The fourth-order valence-corrected chi connectivity index (χ4v) is 9.11. The van der Waals surface area contributed by atoms with Gasteiger partial charge in [0.25, 0.3) is 0 Å². The summed E-state index contributed by atoms with van der Waals surface area (Å²) in [6, 6.07) is 41.1. The molecule has 0 amide bonds. The number of fused-ring (bicyclic) bond motifs is 9. The standard InChI is InChI=1S/C42H30N2S/c1-2-10-29(11-3-1)43-37-15-7-4-12-31(37)34-24-27(18-21-39(34)43)28-19-22-40-35(25-28)32-13-5-8-16-38(32)44(40)30-20-23-42-36(26-30)33-14-6-9-17-41(33)45-42/h1-5,7-13,15-26,31,37H,6,14H2. The van der Waals surface area contributed by atoms with Crippen molar-refractivity contribution in [3.63, 3.8) is 0 Å². The van der Waals surface area contributed by atoms with Crippen LogP contribution in [-0.4, -0.2) is 10.6 Å². The molecule has 0 bridgehead atoms. The molecule has 0 saturated carbocycles. The monoisotopic (exact) mass is 594 g/mol. The quantitative estimate of drug-likeness (QED) is 0.198. The summed E-state index contributed by atoms with van der Waals surface area (Å²) in [7, 11) is 0. The third-order valence-electron chi connectivity index (χ3n) is 9.98. The van der Waals surface area contributed by atoms with Crippen molar-refractivity contribution in [2.75, 3.05) is 4.90 Å². The molecular weight excluding hydrogens is 565 g/mol. The molecule has 7 aromatic rings. The van der Waals surface area contributed by atoms with E-state index in [4.69, 9.17) is 0 Å². The van der Waals surface area contributed by atoms with E-state index in [9.17, 15) is 0 Å². The number of thiophene rings is 1. The Morgan fingerprint density at radius 1 is 0.644 bits per heavy atom. The number of aryl methyl sites for hydroxylation is 1. The number of aromatic nitrogens is 1. The molecule has 0 radical (unpaired) electrons. The highest BCUT2D eigenvalue weighted by atomic mass is 32.1. The predicted octanol–water partition coefficient (Wildman–Crippen LogP) is 11.4. The van der Waals surface area contributed by atoms with Crippen LogP contribution in [-0.2, 0) is 6.42 Å². The molecule has 3 heterocycles. The van der Waals surface area contributed by atoms with E-state index >= 15 is 0 Å². The molecule has 3 heteroatoms. The Morgan fingerprint density at radius 2 is 1.47 bits per heavy atom. The van der Waals surface area contributed by atoms with Gasteiger partial charge in [-0.05, 0) is 107 Å². The molecular formula is C42H30N2S. The normalized spacial score (nSPS) is 18.2. The molecule has 2 atom stereocenters. The predicted molar refractivity (Wildman–Crippen MR) is 192 cm³/mol. The smallest absolute Gasteiger partial charge is 0.0629 e. The number of anilines is 2. The minimum absolute atomic E-state index is 0.297. The fourth-order valence-electron chi connectivity index (χ4n) is 7.95. The van der Waals surface area contributed by atoms with E-state index in [-0.39, 0.29) is 0 Å². The Balaban J connectivity index is 1.12. The van der Waals surface area contributed by atoms with Gasteiger partial charge >= 0.3 is 0 Å². The zero-order valence-electron chi connectivity index (χ0n) is 24.7. The largest absolute Gasteiger partial charge is 0.333 e. The highest BCUT2D eigenvalue weighted by Crippen LogP contribution is 2.49. The first-order chi connectivity index (χ1) is 22.3. The Kier molecular flexibility index (Phi) is 5.43. The van der Waals surface area contributed by atoms with Crippen LogP contribution in [0.3, 0.4) is 0 Å². The Hall–Kier alpha value is -5.12. The highest BCUT2D eigenvalue weighted by molar-refractivity contribution is 7.20. The van der Waals surface area contributed by atoms with E-state index < -0.39 is 0 Å². The average molecular weight is 595 g/mol. The topological polar surface area (TPSA) is 8.17 Å². The molecule has 0 fully saturated rings. The number of nitrogens with zero attached hydrogens (tertiary/aromatic N) is 2. The molecule has 2 unspecified atom stereocenters. The summed E-state index contributed by atoms with van der Waals surface area (Å²) < 4.78 is 3.84. The molecule has 10 rings (SSSR count). The molecule has 1 aliphatic heterocycles. The van der Waals surface area contributed by atoms with Crippen LogP contribution in [0.15, 0.2) is 140 Å².